The van der Waals surface area contributed by atoms with Crippen LogP contribution in [0.1, 0.15) is 5.56 Å². The Morgan fingerprint density at radius 3 is 2.56 bits per heavy atom. The summed E-state index contributed by atoms with van der Waals surface area (Å²) >= 11 is 0. The Hall–Kier alpha value is -1.39. The maximum Gasteiger partial charge on any atom is 0.317 e. The number of hydrogen-bond donors (Lipinski definition) is 1. The third-order valence-corrected chi connectivity index (χ3v) is 2.70. The van der Waals surface area contributed by atoms with Gasteiger partial charge in [0.25, 0.3) is 0 Å². The van der Waals surface area contributed by atoms with Crippen LogP contribution in [0.2, 0.25) is 0 Å². The molecule has 0 spiro atoms. The summed E-state index contributed by atoms with van der Waals surface area (Å²) in [5, 5.41) is 8.85. The number of rotatable bonds is 5. The van der Waals surface area contributed by atoms with Gasteiger partial charge in [-0.2, -0.15) is 0 Å². The second-order valence-corrected chi connectivity index (χ2v) is 3.98. The van der Waals surface area contributed by atoms with Crippen molar-refractivity contribution in [2.45, 2.75) is 12.6 Å². The van der Waals surface area contributed by atoms with Gasteiger partial charge in [-0.1, -0.05) is 30.3 Å². The van der Waals surface area contributed by atoms with Crippen LogP contribution >= 0.6 is 0 Å². The van der Waals surface area contributed by atoms with Crippen molar-refractivity contribution < 1.29 is 14.6 Å². The van der Waals surface area contributed by atoms with Crippen LogP contribution in [0, 0.1) is 0 Å². The van der Waals surface area contributed by atoms with Crippen molar-refractivity contribution >= 4 is 5.97 Å². The summed E-state index contributed by atoms with van der Waals surface area (Å²) in [6.07, 6.45) is 0. The molecule has 4 heteroatoms. The second-order valence-electron chi connectivity index (χ2n) is 3.98. The highest BCUT2D eigenvalue weighted by atomic mass is 16.5. The SMILES string of the molecule is O=C(O)CN(Cc1ccccc1)C1COC1. The molecule has 86 valence electrons. The van der Waals surface area contributed by atoms with E-state index in [1.807, 2.05) is 35.2 Å². The Labute approximate surface area is 94.4 Å². The summed E-state index contributed by atoms with van der Waals surface area (Å²) in [6, 6.07) is 10.1. The molecule has 16 heavy (non-hydrogen) atoms. The summed E-state index contributed by atoms with van der Waals surface area (Å²) in [5.41, 5.74) is 1.13. The molecule has 0 amide bonds. The average Bonchev–Trinajstić information content (AvgIpc) is 2.15. The summed E-state index contributed by atoms with van der Waals surface area (Å²) < 4.78 is 5.10. The van der Waals surface area contributed by atoms with Crippen LogP contribution in [0.4, 0.5) is 0 Å². The molecule has 0 saturated carbocycles. The number of carboxylic acids is 1. The van der Waals surface area contributed by atoms with Crippen molar-refractivity contribution in [3.63, 3.8) is 0 Å². The van der Waals surface area contributed by atoms with E-state index in [9.17, 15) is 4.79 Å². The van der Waals surface area contributed by atoms with E-state index in [-0.39, 0.29) is 12.6 Å². The molecule has 0 unspecified atom stereocenters. The zero-order valence-corrected chi connectivity index (χ0v) is 9.00. The molecule has 2 rings (SSSR count). The molecule has 1 fully saturated rings. The molecule has 4 nitrogen and oxygen atoms in total. The number of aliphatic carboxylic acids is 1. The fourth-order valence-electron chi connectivity index (χ4n) is 1.74. The van der Waals surface area contributed by atoms with Gasteiger partial charge in [0.05, 0.1) is 25.8 Å². The summed E-state index contributed by atoms with van der Waals surface area (Å²) in [6.45, 7) is 2.02. The first-order valence-corrected chi connectivity index (χ1v) is 5.33. The minimum absolute atomic E-state index is 0.0723. The van der Waals surface area contributed by atoms with Crippen molar-refractivity contribution in [2.24, 2.45) is 0 Å². The topological polar surface area (TPSA) is 49.8 Å². The molecule has 0 aromatic heterocycles. The summed E-state index contributed by atoms with van der Waals surface area (Å²) in [4.78, 5) is 12.7. The van der Waals surface area contributed by atoms with Crippen LogP contribution in [-0.4, -0.2) is 41.8 Å². The molecule has 1 saturated heterocycles. The lowest BCUT2D eigenvalue weighted by molar-refractivity contribution is -0.142. The van der Waals surface area contributed by atoms with Crippen LogP contribution in [0.5, 0.6) is 0 Å². The predicted octanol–water partition coefficient (Wildman–Crippen LogP) is 0.972. The van der Waals surface area contributed by atoms with Crippen LogP contribution in [-0.2, 0) is 16.1 Å². The van der Waals surface area contributed by atoms with Crippen molar-refractivity contribution in [3.8, 4) is 0 Å². The minimum Gasteiger partial charge on any atom is -0.480 e. The number of nitrogens with zero attached hydrogens (tertiary/aromatic N) is 1. The average molecular weight is 221 g/mol. The van der Waals surface area contributed by atoms with Crippen molar-refractivity contribution in [3.05, 3.63) is 35.9 Å². The maximum atomic E-state index is 10.8. The van der Waals surface area contributed by atoms with Crippen LogP contribution in [0.3, 0.4) is 0 Å². The van der Waals surface area contributed by atoms with Gasteiger partial charge in [0.2, 0.25) is 0 Å². The minimum atomic E-state index is -0.789. The van der Waals surface area contributed by atoms with Crippen LogP contribution < -0.4 is 0 Å². The van der Waals surface area contributed by atoms with Gasteiger partial charge in [0.15, 0.2) is 0 Å². The highest BCUT2D eigenvalue weighted by Gasteiger charge is 2.27. The van der Waals surface area contributed by atoms with Crippen molar-refractivity contribution in [2.75, 3.05) is 19.8 Å². The van der Waals surface area contributed by atoms with Gasteiger partial charge in [-0.3, -0.25) is 9.69 Å². The summed E-state index contributed by atoms with van der Waals surface area (Å²) in [5.74, 6) is -0.789. The van der Waals surface area contributed by atoms with Gasteiger partial charge >= 0.3 is 5.97 Å². The number of carboxylic acid groups (broad SMARTS) is 1. The van der Waals surface area contributed by atoms with Crippen LogP contribution in [0.25, 0.3) is 0 Å². The van der Waals surface area contributed by atoms with Gasteiger partial charge in [-0.15, -0.1) is 0 Å². The van der Waals surface area contributed by atoms with Gasteiger partial charge in [-0.25, -0.2) is 0 Å². The molecule has 1 heterocycles. The van der Waals surface area contributed by atoms with Crippen LogP contribution in [0.15, 0.2) is 30.3 Å². The zero-order valence-electron chi connectivity index (χ0n) is 9.00. The van der Waals surface area contributed by atoms with E-state index in [0.717, 1.165) is 5.56 Å². The molecule has 0 radical (unpaired) electrons. The fourth-order valence-corrected chi connectivity index (χ4v) is 1.74. The predicted molar refractivity (Wildman–Crippen MR) is 59.1 cm³/mol. The molecule has 1 aliphatic rings. The molecule has 1 aromatic rings. The van der Waals surface area contributed by atoms with E-state index in [4.69, 9.17) is 9.84 Å². The van der Waals surface area contributed by atoms with Gasteiger partial charge < -0.3 is 9.84 Å². The quantitative estimate of drug-likeness (QED) is 0.805. The Balaban J connectivity index is 1.98. The molecular weight excluding hydrogens is 206 g/mol. The van der Waals surface area contributed by atoms with E-state index in [0.29, 0.717) is 19.8 Å². The Morgan fingerprint density at radius 2 is 2.06 bits per heavy atom. The largest absolute Gasteiger partial charge is 0.480 e. The number of benzene rings is 1. The first kappa shape index (κ1) is 11.1. The van der Waals surface area contributed by atoms with Gasteiger partial charge in [0, 0.05) is 6.54 Å². The van der Waals surface area contributed by atoms with Gasteiger partial charge in [-0.05, 0) is 5.56 Å². The normalized spacial score (nSPS) is 16.1. The Kier molecular flexibility index (Phi) is 3.54. The smallest absolute Gasteiger partial charge is 0.317 e. The molecule has 0 aliphatic carbocycles. The van der Waals surface area contributed by atoms with E-state index in [1.54, 1.807) is 0 Å². The lowest BCUT2D eigenvalue weighted by Crippen LogP contribution is -2.50. The molecule has 1 aromatic carbocycles. The van der Waals surface area contributed by atoms with E-state index < -0.39 is 5.97 Å². The highest BCUT2D eigenvalue weighted by Crippen LogP contribution is 2.14. The number of hydrogen-bond acceptors (Lipinski definition) is 3. The molecule has 1 N–H and O–H groups in total. The van der Waals surface area contributed by atoms with Crippen molar-refractivity contribution in [1.82, 2.24) is 4.90 Å². The molecule has 1 aliphatic heterocycles. The number of carbonyl (C=O) groups is 1. The fraction of sp³-hybridized carbons (Fsp3) is 0.417. The highest BCUT2D eigenvalue weighted by molar-refractivity contribution is 5.69. The maximum absolute atomic E-state index is 10.8. The zero-order chi connectivity index (χ0) is 11.4. The monoisotopic (exact) mass is 221 g/mol. The van der Waals surface area contributed by atoms with E-state index in [1.165, 1.54) is 0 Å². The van der Waals surface area contributed by atoms with E-state index in [2.05, 4.69) is 0 Å². The lowest BCUT2D eigenvalue weighted by Gasteiger charge is -2.36. The van der Waals surface area contributed by atoms with Gasteiger partial charge in [0.1, 0.15) is 0 Å². The molecular formula is C12H15NO3. The second kappa shape index (κ2) is 5.09. The molecule has 0 atom stereocenters. The third kappa shape index (κ3) is 2.81. The van der Waals surface area contributed by atoms with E-state index >= 15 is 0 Å². The number of ether oxygens (including phenoxy) is 1. The summed E-state index contributed by atoms with van der Waals surface area (Å²) in [7, 11) is 0. The standard InChI is InChI=1S/C12H15NO3/c14-12(15)7-13(11-8-16-9-11)6-10-4-2-1-3-5-10/h1-5,11H,6-9H2,(H,14,15). The third-order valence-electron chi connectivity index (χ3n) is 2.70. The first-order valence-electron chi connectivity index (χ1n) is 5.33. The Bertz CT molecular complexity index is 349. The van der Waals surface area contributed by atoms with Crippen molar-refractivity contribution in [1.29, 1.82) is 0 Å². The molecule has 0 bridgehead atoms. The Morgan fingerprint density at radius 1 is 1.38 bits per heavy atom. The first-order chi connectivity index (χ1) is 7.75. The lowest BCUT2D eigenvalue weighted by atomic mass is 10.1.